The molecule has 0 atom stereocenters. The molecular weight excluding hydrogens is 264 g/mol. The van der Waals surface area contributed by atoms with Crippen LogP contribution in [-0.4, -0.2) is 37.6 Å². The van der Waals surface area contributed by atoms with Crippen molar-refractivity contribution in [2.24, 2.45) is 0 Å². The van der Waals surface area contributed by atoms with Crippen LogP contribution >= 0.6 is 22.9 Å². The predicted molar refractivity (Wildman–Crippen MR) is 66.7 cm³/mol. The van der Waals surface area contributed by atoms with E-state index in [1.165, 1.54) is 11.3 Å². The van der Waals surface area contributed by atoms with Crippen LogP contribution in [0, 0.1) is 0 Å². The Hall–Kier alpha value is -1.27. The van der Waals surface area contributed by atoms with Crippen LogP contribution < -0.4 is 10.6 Å². The van der Waals surface area contributed by atoms with Gasteiger partial charge in [-0.15, -0.1) is 22.9 Å². The number of alkyl halides is 1. The molecule has 94 valence electrons. The van der Waals surface area contributed by atoms with Gasteiger partial charge in [-0.05, 0) is 11.4 Å². The third-order valence-electron chi connectivity index (χ3n) is 1.74. The highest BCUT2D eigenvalue weighted by Crippen LogP contribution is 2.07. The number of halogens is 1. The maximum absolute atomic E-state index is 11.5. The first kappa shape index (κ1) is 13.8. The normalized spacial score (nSPS) is 9.71. The number of alkyl carbamates (subject to hydrolysis) is 1. The van der Waals surface area contributed by atoms with Crippen molar-refractivity contribution in [3.8, 4) is 0 Å². The van der Waals surface area contributed by atoms with Crippen LogP contribution in [-0.2, 0) is 4.74 Å². The molecule has 0 radical (unpaired) electrons. The third-order valence-corrected chi connectivity index (χ3v) is 2.76. The van der Waals surface area contributed by atoms with E-state index in [9.17, 15) is 9.59 Å². The van der Waals surface area contributed by atoms with Gasteiger partial charge in [0.2, 0.25) is 0 Å². The molecule has 0 aliphatic carbocycles. The molecular formula is C10H13ClN2O3S. The number of ether oxygens (including phenoxy) is 1. The summed E-state index contributed by atoms with van der Waals surface area (Å²) in [4.78, 5) is 23.1. The minimum absolute atomic E-state index is 0.143. The molecule has 0 saturated carbocycles. The highest BCUT2D eigenvalue weighted by atomic mass is 35.5. The Morgan fingerprint density at radius 3 is 2.76 bits per heavy atom. The fourth-order valence-corrected chi connectivity index (χ4v) is 1.74. The second kappa shape index (κ2) is 7.92. The fourth-order valence-electron chi connectivity index (χ4n) is 1.02. The molecule has 0 aliphatic heterocycles. The number of thiophene rings is 1. The predicted octanol–water partition coefficient (Wildman–Crippen LogP) is 1.44. The van der Waals surface area contributed by atoms with Crippen LogP contribution in [0.4, 0.5) is 4.79 Å². The van der Waals surface area contributed by atoms with E-state index in [0.717, 1.165) is 0 Å². The van der Waals surface area contributed by atoms with Gasteiger partial charge in [0.15, 0.2) is 0 Å². The average molecular weight is 277 g/mol. The van der Waals surface area contributed by atoms with E-state index in [2.05, 4.69) is 15.4 Å². The van der Waals surface area contributed by atoms with Crippen LogP contribution in [0.2, 0.25) is 0 Å². The first-order valence-electron chi connectivity index (χ1n) is 5.02. The monoisotopic (exact) mass is 276 g/mol. The first-order valence-corrected chi connectivity index (χ1v) is 6.43. The van der Waals surface area contributed by atoms with Gasteiger partial charge >= 0.3 is 6.09 Å². The van der Waals surface area contributed by atoms with Crippen molar-refractivity contribution in [3.05, 3.63) is 22.4 Å². The number of hydrogen-bond acceptors (Lipinski definition) is 4. The summed E-state index contributed by atoms with van der Waals surface area (Å²) in [5, 5.41) is 6.99. The summed E-state index contributed by atoms with van der Waals surface area (Å²) in [7, 11) is 0. The maximum Gasteiger partial charge on any atom is 0.407 e. The summed E-state index contributed by atoms with van der Waals surface area (Å²) in [5.74, 6) is 0.124. The lowest BCUT2D eigenvalue weighted by Gasteiger charge is -2.06. The molecule has 1 aromatic heterocycles. The quantitative estimate of drug-likeness (QED) is 0.610. The minimum atomic E-state index is -0.531. The van der Waals surface area contributed by atoms with Gasteiger partial charge in [-0.25, -0.2) is 4.79 Å². The number of carbonyl (C=O) groups excluding carboxylic acids is 2. The molecule has 0 saturated heterocycles. The Kier molecular flexibility index (Phi) is 6.42. The summed E-state index contributed by atoms with van der Waals surface area (Å²) in [6.45, 7) is 0.847. The molecule has 7 heteroatoms. The molecule has 1 aromatic rings. The molecule has 0 spiro atoms. The number of amides is 2. The first-order chi connectivity index (χ1) is 8.24. The summed E-state index contributed by atoms with van der Waals surface area (Å²) < 4.78 is 4.68. The molecule has 0 aliphatic rings. The Balaban J connectivity index is 2.08. The lowest BCUT2D eigenvalue weighted by Crippen LogP contribution is -2.34. The number of hydrogen-bond donors (Lipinski definition) is 2. The SMILES string of the molecule is O=C(NCCNC(=O)c1cccs1)OCCCl. The van der Waals surface area contributed by atoms with E-state index >= 15 is 0 Å². The number of nitrogens with one attached hydrogen (secondary N) is 2. The smallest absolute Gasteiger partial charge is 0.407 e. The molecule has 2 amide bonds. The molecule has 2 N–H and O–H groups in total. The van der Waals surface area contributed by atoms with Gasteiger partial charge in [0.05, 0.1) is 10.8 Å². The van der Waals surface area contributed by atoms with Gasteiger partial charge < -0.3 is 15.4 Å². The van der Waals surface area contributed by atoms with Crippen LogP contribution in [0.25, 0.3) is 0 Å². The highest BCUT2D eigenvalue weighted by molar-refractivity contribution is 7.12. The molecule has 0 fully saturated rings. The van der Waals surface area contributed by atoms with Gasteiger partial charge in [0.25, 0.3) is 5.91 Å². The van der Waals surface area contributed by atoms with E-state index < -0.39 is 6.09 Å². The second-order valence-electron chi connectivity index (χ2n) is 2.98. The van der Waals surface area contributed by atoms with Gasteiger partial charge in [0.1, 0.15) is 6.61 Å². The molecule has 5 nitrogen and oxygen atoms in total. The van der Waals surface area contributed by atoms with Crippen molar-refractivity contribution >= 4 is 34.9 Å². The summed E-state index contributed by atoms with van der Waals surface area (Å²) in [6, 6.07) is 3.55. The average Bonchev–Trinajstić information content (AvgIpc) is 2.85. The highest BCUT2D eigenvalue weighted by Gasteiger charge is 2.05. The Morgan fingerprint density at radius 2 is 2.12 bits per heavy atom. The standard InChI is InChI=1S/C10H13ClN2O3S/c11-3-6-16-10(15)13-5-4-12-9(14)8-2-1-7-17-8/h1-2,7H,3-6H2,(H,12,14)(H,13,15). The lowest BCUT2D eigenvalue weighted by atomic mass is 10.4. The van der Waals surface area contributed by atoms with Crippen LogP contribution in [0.3, 0.4) is 0 Å². The van der Waals surface area contributed by atoms with Crippen molar-refractivity contribution in [2.75, 3.05) is 25.6 Å². The third kappa shape index (κ3) is 5.55. The Labute approximate surface area is 108 Å². The zero-order valence-corrected chi connectivity index (χ0v) is 10.6. The molecule has 1 heterocycles. The van der Waals surface area contributed by atoms with Gasteiger partial charge in [-0.3, -0.25) is 4.79 Å². The Morgan fingerprint density at radius 1 is 1.35 bits per heavy atom. The summed E-state index contributed by atoms with van der Waals surface area (Å²) in [5.41, 5.74) is 0. The van der Waals surface area contributed by atoms with Crippen molar-refractivity contribution in [1.82, 2.24) is 10.6 Å². The summed E-state index contributed by atoms with van der Waals surface area (Å²) >= 11 is 6.71. The minimum Gasteiger partial charge on any atom is -0.448 e. The molecule has 17 heavy (non-hydrogen) atoms. The van der Waals surface area contributed by atoms with E-state index in [1.54, 1.807) is 12.1 Å². The van der Waals surface area contributed by atoms with Crippen molar-refractivity contribution in [1.29, 1.82) is 0 Å². The van der Waals surface area contributed by atoms with Crippen LogP contribution in [0.15, 0.2) is 17.5 Å². The zero-order chi connectivity index (χ0) is 12.5. The van der Waals surface area contributed by atoms with Crippen LogP contribution in [0.1, 0.15) is 9.67 Å². The van der Waals surface area contributed by atoms with E-state index in [0.29, 0.717) is 18.0 Å². The van der Waals surface area contributed by atoms with Crippen molar-refractivity contribution < 1.29 is 14.3 Å². The topological polar surface area (TPSA) is 67.4 Å². The molecule has 0 unspecified atom stereocenters. The second-order valence-corrected chi connectivity index (χ2v) is 4.31. The lowest BCUT2D eigenvalue weighted by molar-refractivity contribution is 0.0956. The number of carbonyl (C=O) groups is 2. The number of rotatable bonds is 6. The zero-order valence-electron chi connectivity index (χ0n) is 9.07. The van der Waals surface area contributed by atoms with E-state index in [-0.39, 0.29) is 18.4 Å². The van der Waals surface area contributed by atoms with Gasteiger partial charge in [0, 0.05) is 13.1 Å². The van der Waals surface area contributed by atoms with Crippen molar-refractivity contribution in [2.45, 2.75) is 0 Å². The van der Waals surface area contributed by atoms with Gasteiger partial charge in [-0.1, -0.05) is 6.07 Å². The Bertz CT molecular complexity index is 356. The largest absolute Gasteiger partial charge is 0.448 e. The van der Waals surface area contributed by atoms with Gasteiger partial charge in [-0.2, -0.15) is 0 Å². The molecule has 1 rings (SSSR count). The van der Waals surface area contributed by atoms with Crippen molar-refractivity contribution in [3.63, 3.8) is 0 Å². The van der Waals surface area contributed by atoms with Crippen LogP contribution in [0.5, 0.6) is 0 Å². The maximum atomic E-state index is 11.5. The van der Waals surface area contributed by atoms with E-state index in [4.69, 9.17) is 11.6 Å². The molecule has 0 bridgehead atoms. The molecule has 0 aromatic carbocycles. The van der Waals surface area contributed by atoms with E-state index in [1.807, 2.05) is 5.38 Å². The summed E-state index contributed by atoms with van der Waals surface area (Å²) in [6.07, 6.45) is -0.531. The fraction of sp³-hybridized carbons (Fsp3) is 0.400.